The first-order valence-electron chi connectivity index (χ1n) is 9.75. The second kappa shape index (κ2) is 9.78. The zero-order chi connectivity index (χ0) is 18.2. The molecule has 0 aliphatic carbocycles. The molecule has 0 aromatic heterocycles. The van der Waals surface area contributed by atoms with Crippen LogP contribution in [0.15, 0.2) is 29.3 Å². The van der Waals surface area contributed by atoms with Crippen LogP contribution in [0.3, 0.4) is 0 Å². The fraction of sp³-hybridized carbons (Fsp3) is 0.650. The Kier molecular flexibility index (Phi) is 7.14. The van der Waals surface area contributed by atoms with Crippen LogP contribution in [0.5, 0.6) is 0 Å². The normalized spacial score (nSPS) is 21.1. The minimum absolute atomic E-state index is 0.608. The van der Waals surface area contributed by atoms with E-state index in [1.807, 2.05) is 0 Å². The van der Waals surface area contributed by atoms with Crippen LogP contribution in [0.4, 0.5) is 5.69 Å². The van der Waals surface area contributed by atoms with Crippen molar-refractivity contribution in [3.63, 3.8) is 0 Å². The molecule has 0 amide bonds. The van der Waals surface area contributed by atoms with Gasteiger partial charge in [0.05, 0.1) is 26.4 Å². The van der Waals surface area contributed by atoms with E-state index in [1.54, 1.807) is 0 Å². The van der Waals surface area contributed by atoms with Crippen molar-refractivity contribution in [3.8, 4) is 0 Å². The van der Waals surface area contributed by atoms with Crippen LogP contribution in [-0.2, 0) is 16.0 Å². The number of nitrogens with one attached hydrogen (secondary N) is 1. The molecule has 1 aromatic carbocycles. The molecule has 1 unspecified atom stereocenters. The Balaban J connectivity index is 1.57. The lowest BCUT2D eigenvalue weighted by molar-refractivity contribution is 0.122. The predicted molar refractivity (Wildman–Crippen MR) is 106 cm³/mol. The minimum atomic E-state index is 0.608. The van der Waals surface area contributed by atoms with E-state index in [1.165, 1.54) is 11.3 Å². The number of anilines is 1. The molecule has 3 rings (SSSR count). The first kappa shape index (κ1) is 19.0. The molecule has 0 bridgehead atoms. The van der Waals surface area contributed by atoms with Crippen molar-refractivity contribution >= 4 is 11.6 Å². The molecular weight excluding hydrogens is 328 g/mol. The van der Waals surface area contributed by atoms with Gasteiger partial charge in [0.15, 0.2) is 5.96 Å². The fourth-order valence-electron chi connectivity index (χ4n) is 3.47. The Morgan fingerprint density at radius 3 is 2.62 bits per heavy atom. The molecule has 2 fully saturated rings. The van der Waals surface area contributed by atoms with Gasteiger partial charge in [-0.05, 0) is 31.0 Å². The third kappa shape index (κ3) is 5.35. The molecule has 144 valence electrons. The molecule has 0 radical (unpaired) electrons. The molecule has 26 heavy (non-hydrogen) atoms. The number of morpholine rings is 1. The summed E-state index contributed by atoms with van der Waals surface area (Å²) in [5.41, 5.74) is 2.50. The lowest BCUT2D eigenvalue weighted by Crippen LogP contribution is -2.41. The van der Waals surface area contributed by atoms with Gasteiger partial charge in [-0.15, -0.1) is 0 Å². The van der Waals surface area contributed by atoms with Gasteiger partial charge in [0.2, 0.25) is 0 Å². The SMILES string of the molecule is CCNC(=NCc1ccc(N2CCOCC2)cc1)N(C)CC1CCOC1. The Morgan fingerprint density at radius 1 is 1.19 bits per heavy atom. The topological polar surface area (TPSA) is 49.3 Å². The van der Waals surface area contributed by atoms with Crippen LogP contribution in [0.25, 0.3) is 0 Å². The zero-order valence-electron chi connectivity index (χ0n) is 16.1. The van der Waals surface area contributed by atoms with E-state index >= 15 is 0 Å². The predicted octanol–water partition coefficient (Wildman–Crippen LogP) is 1.96. The highest BCUT2D eigenvalue weighted by Gasteiger charge is 2.19. The van der Waals surface area contributed by atoms with E-state index in [0.717, 1.165) is 65.0 Å². The number of benzene rings is 1. The molecule has 2 heterocycles. The molecule has 6 heteroatoms. The third-order valence-corrected chi connectivity index (χ3v) is 4.98. The van der Waals surface area contributed by atoms with Crippen LogP contribution in [0.2, 0.25) is 0 Å². The highest BCUT2D eigenvalue weighted by molar-refractivity contribution is 5.79. The van der Waals surface area contributed by atoms with Crippen LogP contribution in [0, 0.1) is 5.92 Å². The lowest BCUT2D eigenvalue weighted by atomic mass is 10.1. The van der Waals surface area contributed by atoms with Gasteiger partial charge in [-0.2, -0.15) is 0 Å². The van der Waals surface area contributed by atoms with Gasteiger partial charge in [0, 0.05) is 51.4 Å². The molecule has 2 saturated heterocycles. The lowest BCUT2D eigenvalue weighted by Gasteiger charge is -2.28. The second-order valence-electron chi connectivity index (χ2n) is 7.05. The van der Waals surface area contributed by atoms with Gasteiger partial charge in [0.1, 0.15) is 0 Å². The van der Waals surface area contributed by atoms with Gasteiger partial charge < -0.3 is 24.6 Å². The van der Waals surface area contributed by atoms with E-state index in [4.69, 9.17) is 14.5 Å². The molecule has 6 nitrogen and oxygen atoms in total. The van der Waals surface area contributed by atoms with Gasteiger partial charge in [-0.25, -0.2) is 4.99 Å². The van der Waals surface area contributed by atoms with Crippen LogP contribution in [0.1, 0.15) is 18.9 Å². The summed E-state index contributed by atoms with van der Waals surface area (Å²) in [6.45, 7) is 10.00. The summed E-state index contributed by atoms with van der Waals surface area (Å²) in [4.78, 5) is 9.43. The van der Waals surface area contributed by atoms with Gasteiger partial charge >= 0.3 is 0 Å². The van der Waals surface area contributed by atoms with E-state index in [9.17, 15) is 0 Å². The summed E-state index contributed by atoms with van der Waals surface area (Å²) < 4.78 is 10.9. The molecular formula is C20H32N4O2. The standard InChI is InChI=1S/C20H32N4O2/c1-3-21-20(23(2)15-18-8-11-26-16-18)22-14-17-4-6-19(7-5-17)24-9-12-25-13-10-24/h4-7,18H,3,8-16H2,1-2H3,(H,21,22). The van der Waals surface area contributed by atoms with Crippen LogP contribution < -0.4 is 10.2 Å². The number of guanidine groups is 1. The number of ether oxygens (including phenoxy) is 2. The second-order valence-corrected chi connectivity index (χ2v) is 7.05. The van der Waals surface area contributed by atoms with Crippen LogP contribution in [-0.4, -0.2) is 70.5 Å². The van der Waals surface area contributed by atoms with Gasteiger partial charge in [-0.3, -0.25) is 0 Å². The highest BCUT2D eigenvalue weighted by atomic mass is 16.5. The van der Waals surface area contributed by atoms with Crippen molar-refractivity contribution in [3.05, 3.63) is 29.8 Å². The molecule has 0 saturated carbocycles. The Hall–Kier alpha value is -1.79. The molecule has 0 spiro atoms. The third-order valence-electron chi connectivity index (χ3n) is 4.98. The first-order chi connectivity index (χ1) is 12.8. The summed E-state index contributed by atoms with van der Waals surface area (Å²) in [6, 6.07) is 8.76. The Labute approximate surface area is 157 Å². The van der Waals surface area contributed by atoms with Crippen molar-refractivity contribution in [2.24, 2.45) is 10.9 Å². The van der Waals surface area contributed by atoms with Crippen molar-refractivity contribution in [1.29, 1.82) is 0 Å². The van der Waals surface area contributed by atoms with Crippen molar-refractivity contribution in [2.75, 3.05) is 64.6 Å². The van der Waals surface area contributed by atoms with Gasteiger partial charge in [0.25, 0.3) is 0 Å². The van der Waals surface area contributed by atoms with Crippen molar-refractivity contribution in [2.45, 2.75) is 19.9 Å². The van der Waals surface area contributed by atoms with Crippen molar-refractivity contribution < 1.29 is 9.47 Å². The van der Waals surface area contributed by atoms with E-state index in [2.05, 4.69) is 53.4 Å². The summed E-state index contributed by atoms with van der Waals surface area (Å²) in [5.74, 6) is 1.58. The average molecular weight is 361 g/mol. The maximum Gasteiger partial charge on any atom is 0.193 e. The van der Waals surface area contributed by atoms with Crippen molar-refractivity contribution in [1.82, 2.24) is 10.2 Å². The number of aliphatic imine (C=N–C) groups is 1. The minimum Gasteiger partial charge on any atom is -0.381 e. The quantitative estimate of drug-likeness (QED) is 0.621. The highest BCUT2D eigenvalue weighted by Crippen LogP contribution is 2.17. The largest absolute Gasteiger partial charge is 0.381 e. The summed E-state index contributed by atoms with van der Waals surface area (Å²) in [7, 11) is 2.11. The molecule has 2 aliphatic heterocycles. The number of hydrogen-bond donors (Lipinski definition) is 1. The molecule has 1 N–H and O–H groups in total. The maximum absolute atomic E-state index is 5.49. The number of nitrogens with zero attached hydrogens (tertiary/aromatic N) is 3. The summed E-state index contributed by atoms with van der Waals surface area (Å²) >= 11 is 0. The van der Waals surface area contributed by atoms with Crippen LogP contribution >= 0.6 is 0 Å². The maximum atomic E-state index is 5.49. The number of rotatable bonds is 6. The average Bonchev–Trinajstić information content (AvgIpc) is 3.19. The summed E-state index contributed by atoms with van der Waals surface area (Å²) in [6.07, 6.45) is 1.15. The van der Waals surface area contributed by atoms with E-state index in [-0.39, 0.29) is 0 Å². The van der Waals surface area contributed by atoms with E-state index in [0.29, 0.717) is 12.5 Å². The fourth-order valence-corrected chi connectivity index (χ4v) is 3.47. The zero-order valence-corrected chi connectivity index (χ0v) is 16.1. The molecule has 2 aliphatic rings. The van der Waals surface area contributed by atoms with E-state index < -0.39 is 0 Å². The smallest absolute Gasteiger partial charge is 0.193 e. The first-order valence-corrected chi connectivity index (χ1v) is 9.75. The Morgan fingerprint density at radius 2 is 1.96 bits per heavy atom. The Bertz CT molecular complexity index is 564. The summed E-state index contributed by atoms with van der Waals surface area (Å²) in [5, 5.41) is 3.40. The van der Waals surface area contributed by atoms with Gasteiger partial charge in [-0.1, -0.05) is 12.1 Å². The molecule has 1 aromatic rings. The molecule has 1 atom stereocenters. The monoisotopic (exact) mass is 360 g/mol. The number of hydrogen-bond acceptors (Lipinski definition) is 4.